The molecule has 0 aliphatic carbocycles. The van der Waals surface area contributed by atoms with Crippen molar-refractivity contribution in [2.75, 3.05) is 13.1 Å². The molecule has 0 amide bonds. The minimum Gasteiger partial charge on any atom is -0.304 e. The average Bonchev–Trinajstić information content (AvgIpc) is 3.10. The zero-order valence-corrected chi connectivity index (χ0v) is 15.6. The van der Waals surface area contributed by atoms with Gasteiger partial charge < -0.3 is 4.40 Å². The maximum absolute atomic E-state index is 13.3. The van der Waals surface area contributed by atoms with Crippen molar-refractivity contribution < 1.29 is 4.39 Å². The average molecular weight is 390 g/mol. The number of nitrogens with zero attached hydrogens (tertiary/aromatic N) is 6. The number of likely N-dealkylation sites (tertiary alicyclic amines) is 1. The lowest BCUT2D eigenvalue weighted by Crippen LogP contribution is -2.48. The van der Waals surface area contributed by atoms with Crippen LogP contribution in [0.3, 0.4) is 0 Å². The third-order valence-corrected chi connectivity index (χ3v) is 5.16. The molecule has 5 rings (SSSR count). The van der Waals surface area contributed by atoms with Crippen molar-refractivity contribution in [1.82, 2.24) is 29.0 Å². The van der Waals surface area contributed by atoms with Gasteiger partial charge in [0.05, 0.1) is 17.9 Å². The molecule has 4 aromatic rings. The maximum Gasteiger partial charge on any atom is 0.266 e. The Morgan fingerprint density at radius 3 is 2.69 bits per heavy atom. The highest BCUT2D eigenvalue weighted by Gasteiger charge is 2.28. The summed E-state index contributed by atoms with van der Waals surface area (Å²) in [4.78, 5) is 23.0. The fraction of sp³-hybridized carbons (Fsp3) is 0.238. The Morgan fingerprint density at radius 1 is 1.03 bits per heavy atom. The van der Waals surface area contributed by atoms with Crippen LogP contribution in [0.15, 0.2) is 66.0 Å². The van der Waals surface area contributed by atoms with Gasteiger partial charge in [-0.25, -0.2) is 14.1 Å². The van der Waals surface area contributed by atoms with E-state index >= 15 is 0 Å². The van der Waals surface area contributed by atoms with Crippen LogP contribution in [0.1, 0.15) is 5.69 Å². The molecule has 1 aliphatic rings. The van der Waals surface area contributed by atoms with Gasteiger partial charge in [0.25, 0.3) is 5.56 Å². The quantitative estimate of drug-likeness (QED) is 0.523. The highest BCUT2D eigenvalue weighted by molar-refractivity contribution is 5.57. The molecule has 8 heteroatoms. The Balaban J connectivity index is 1.23. The number of pyridine rings is 2. The summed E-state index contributed by atoms with van der Waals surface area (Å²) in [6.07, 6.45) is 6.71. The van der Waals surface area contributed by atoms with E-state index in [2.05, 4.69) is 20.0 Å². The fourth-order valence-electron chi connectivity index (χ4n) is 3.74. The maximum atomic E-state index is 13.3. The van der Waals surface area contributed by atoms with Crippen LogP contribution >= 0.6 is 0 Å². The van der Waals surface area contributed by atoms with E-state index < -0.39 is 0 Å². The van der Waals surface area contributed by atoms with E-state index in [4.69, 9.17) is 0 Å². The SMILES string of the molecule is O=c1ccc(-c2ccncc2)nn1CC1CN(Cc2cn3cc(F)ccc3n2)C1. The molecule has 0 aromatic carbocycles. The molecule has 0 saturated carbocycles. The van der Waals surface area contributed by atoms with Crippen LogP contribution in [0, 0.1) is 11.7 Å². The normalized spacial score (nSPS) is 14.9. The lowest BCUT2D eigenvalue weighted by atomic mass is 10.00. The predicted octanol–water partition coefficient (Wildman–Crippen LogP) is 2.22. The second-order valence-corrected chi connectivity index (χ2v) is 7.38. The molecule has 146 valence electrons. The van der Waals surface area contributed by atoms with Gasteiger partial charge in [-0.3, -0.25) is 14.7 Å². The van der Waals surface area contributed by atoms with Gasteiger partial charge in [0, 0.05) is 62.0 Å². The molecule has 0 spiro atoms. The van der Waals surface area contributed by atoms with Gasteiger partial charge in [-0.05, 0) is 30.3 Å². The van der Waals surface area contributed by atoms with Gasteiger partial charge >= 0.3 is 0 Å². The number of rotatable bonds is 5. The van der Waals surface area contributed by atoms with Crippen LogP contribution in [-0.2, 0) is 13.1 Å². The molecule has 0 unspecified atom stereocenters. The molecular weight excluding hydrogens is 371 g/mol. The van der Waals surface area contributed by atoms with Crippen molar-refractivity contribution in [2.45, 2.75) is 13.1 Å². The van der Waals surface area contributed by atoms with Crippen LogP contribution in [0.5, 0.6) is 0 Å². The second-order valence-electron chi connectivity index (χ2n) is 7.38. The summed E-state index contributed by atoms with van der Waals surface area (Å²) >= 11 is 0. The molecule has 0 atom stereocenters. The first-order chi connectivity index (χ1) is 14.1. The molecule has 0 radical (unpaired) electrons. The van der Waals surface area contributed by atoms with E-state index in [0.29, 0.717) is 19.0 Å². The zero-order valence-electron chi connectivity index (χ0n) is 15.6. The van der Waals surface area contributed by atoms with E-state index in [1.54, 1.807) is 39.7 Å². The summed E-state index contributed by atoms with van der Waals surface area (Å²) < 4.78 is 16.6. The van der Waals surface area contributed by atoms with Crippen molar-refractivity contribution in [3.05, 3.63) is 83.1 Å². The molecule has 0 N–H and O–H groups in total. The first-order valence-corrected chi connectivity index (χ1v) is 9.48. The van der Waals surface area contributed by atoms with E-state index in [-0.39, 0.29) is 11.4 Å². The minimum absolute atomic E-state index is 0.0939. The minimum atomic E-state index is -0.280. The van der Waals surface area contributed by atoms with Crippen molar-refractivity contribution >= 4 is 5.65 Å². The Labute approximate surface area is 166 Å². The Kier molecular flexibility index (Phi) is 4.40. The van der Waals surface area contributed by atoms with Crippen LogP contribution < -0.4 is 5.56 Å². The van der Waals surface area contributed by atoms with E-state index in [9.17, 15) is 9.18 Å². The summed E-state index contributed by atoms with van der Waals surface area (Å²) in [6.45, 7) is 3.04. The first kappa shape index (κ1) is 17.7. The van der Waals surface area contributed by atoms with Crippen molar-refractivity contribution in [2.24, 2.45) is 5.92 Å². The number of fused-ring (bicyclic) bond motifs is 1. The van der Waals surface area contributed by atoms with E-state index in [1.165, 1.54) is 12.3 Å². The molecule has 1 saturated heterocycles. The number of imidazole rings is 1. The molecule has 0 bridgehead atoms. The Hall–Kier alpha value is -3.39. The molecule has 7 nitrogen and oxygen atoms in total. The summed E-state index contributed by atoms with van der Waals surface area (Å²) in [5, 5.41) is 4.52. The number of aromatic nitrogens is 5. The molecule has 29 heavy (non-hydrogen) atoms. The van der Waals surface area contributed by atoms with Gasteiger partial charge in [0.15, 0.2) is 0 Å². The van der Waals surface area contributed by atoms with Gasteiger partial charge in [0.1, 0.15) is 11.5 Å². The largest absolute Gasteiger partial charge is 0.304 e. The molecule has 1 fully saturated rings. The second kappa shape index (κ2) is 7.21. The Bertz CT molecular complexity index is 1210. The van der Waals surface area contributed by atoms with E-state index in [0.717, 1.165) is 35.7 Å². The molecular formula is C21H19FN6O. The van der Waals surface area contributed by atoms with Crippen LogP contribution in [0.4, 0.5) is 4.39 Å². The van der Waals surface area contributed by atoms with Crippen molar-refractivity contribution in [3.63, 3.8) is 0 Å². The molecule has 5 heterocycles. The lowest BCUT2D eigenvalue weighted by molar-refractivity contribution is 0.0756. The standard InChI is InChI=1S/C21H19FN6O/c22-17-1-3-20-24-18(14-27(20)12-17)13-26-9-15(10-26)11-28-21(29)4-2-19(25-28)16-5-7-23-8-6-16/h1-8,12,14-15H,9-11,13H2. The summed E-state index contributed by atoms with van der Waals surface area (Å²) in [7, 11) is 0. The molecule has 1 aliphatic heterocycles. The summed E-state index contributed by atoms with van der Waals surface area (Å²) in [5.74, 6) is 0.0831. The smallest absolute Gasteiger partial charge is 0.266 e. The van der Waals surface area contributed by atoms with Crippen LogP contribution in [0.2, 0.25) is 0 Å². The first-order valence-electron chi connectivity index (χ1n) is 9.48. The third kappa shape index (κ3) is 3.66. The topological polar surface area (TPSA) is 68.3 Å². The third-order valence-electron chi connectivity index (χ3n) is 5.16. The number of hydrogen-bond acceptors (Lipinski definition) is 5. The predicted molar refractivity (Wildman–Crippen MR) is 106 cm³/mol. The van der Waals surface area contributed by atoms with Crippen molar-refractivity contribution in [3.8, 4) is 11.3 Å². The van der Waals surface area contributed by atoms with Gasteiger partial charge in [-0.1, -0.05) is 0 Å². The highest BCUT2D eigenvalue weighted by Crippen LogP contribution is 2.20. The lowest BCUT2D eigenvalue weighted by Gasteiger charge is -2.38. The Morgan fingerprint density at radius 2 is 1.86 bits per heavy atom. The monoisotopic (exact) mass is 390 g/mol. The fourth-order valence-corrected chi connectivity index (χ4v) is 3.74. The van der Waals surface area contributed by atoms with Crippen molar-refractivity contribution in [1.29, 1.82) is 0 Å². The number of hydrogen-bond donors (Lipinski definition) is 0. The van der Waals surface area contributed by atoms with Crippen LogP contribution in [-0.4, -0.2) is 42.1 Å². The van der Waals surface area contributed by atoms with E-state index in [1.807, 2.05) is 18.3 Å². The zero-order chi connectivity index (χ0) is 19.8. The van der Waals surface area contributed by atoms with Gasteiger partial charge in [-0.2, -0.15) is 5.10 Å². The highest BCUT2D eigenvalue weighted by atomic mass is 19.1. The molecule has 4 aromatic heterocycles. The van der Waals surface area contributed by atoms with Crippen LogP contribution in [0.25, 0.3) is 16.9 Å². The van der Waals surface area contributed by atoms with Gasteiger partial charge in [-0.15, -0.1) is 0 Å². The number of halogens is 1. The van der Waals surface area contributed by atoms with Gasteiger partial charge in [0.2, 0.25) is 0 Å². The summed E-state index contributed by atoms with van der Waals surface area (Å²) in [6, 6.07) is 10.1. The summed E-state index contributed by atoms with van der Waals surface area (Å²) in [5.41, 5.74) is 3.25.